The van der Waals surface area contributed by atoms with Crippen molar-refractivity contribution in [2.75, 3.05) is 0 Å². The standard InChI is InChI=1S/C21H20F5N5O3/c22-15(23)17-30-29-16(34-17)10-7-11-13(27-8-10)9-31(18(11)32)14-4-2-1-3-12(14)28-19(33)20(5-6-20)21(24,25)26/h7-8,12,14-15H,1-6,9H2,(H,28,33)/t12-,14-/m1/s1. The van der Waals surface area contributed by atoms with Gasteiger partial charge in [0.1, 0.15) is 5.41 Å². The van der Waals surface area contributed by atoms with E-state index in [2.05, 4.69) is 20.5 Å². The molecule has 2 fully saturated rings. The van der Waals surface area contributed by atoms with Gasteiger partial charge in [-0.3, -0.25) is 14.6 Å². The Labute approximate surface area is 189 Å². The normalized spacial score (nSPS) is 23.8. The quantitative estimate of drug-likeness (QED) is 0.647. The highest BCUT2D eigenvalue weighted by Crippen LogP contribution is 2.57. The second-order valence-corrected chi connectivity index (χ2v) is 8.91. The van der Waals surface area contributed by atoms with E-state index in [4.69, 9.17) is 4.42 Å². The van der Waals surface area contributed by atoms with Crippen LogP contribution in [0.4, 0.5) is 22.0 Å². The zero-order valence-electron chi connectivity index (χ0n) is 17.7. The number of nitrogens with zero attached hydrogens (tertiary/aromatic N) is 4. The highest BCUT2D eigenvalue weighted by atomic mass is 19.4. The van der Waals surface area contributed by atoms with Gasteiger partial charge in [0.05, 0.1) is 29.4 Å². The minimum absolute atomic E-state index is 0.127. The van der Waals surface area contributed by atoms with Gasteiger partial charge in [-0.2, -0.15) is 22.0 Å². The van der Waals surface area contributed by atoms with E-state index in [0.29, 0.717) is 18.5 Å². The minimum Gasteiger partial charge on any atom is -0.415 e. The van der Waals surface area contributed by atoms with Crippen molar-refractivity contribution in [3.05, 3.63) is 29.4 Å². The highest BCUT2D eigenvalue weighted by Gasteiger charge is 2.68. The summed E-state index contributed by atoms with van der Waals surface area (Å²) in [6.07, 6.45) is -4.21. The number of alkyl halides is 5. The van der Waals surface area contributed by atoms with Crippen LogP contribution < -0.4 is 5.32 Å². The van der Waals surface area contributed by atoms with Crippen LogP contribution in [-0.2, 0) is 11.3 Å². The van der Waals surface area contributed by atoms with Crippen LogP contribution in [0.5, 0.6) is 0 Å². The van der Waals surface area contributed by atoms with Gasteiger partial charge < -0.3 is 14.6 Å². The number of rotatable bonds is 5. The Morgan fingerprint density at radius 2 is 1.94 bits per heavy atom. The minimum atomic E-state index is -4.61. The van der Waals surface area contributed by atoms with E-state index in [9.17, 15) is 31.5 Å². The first kappa shape index (κ1) is 22.7. The lowest BCUT2D eigenvalue weighted by molar-refractivity contribution is -0.193. The molecule has 2 saturated carbocycles. The number of aromatic nitrogens is 3. The number of carbonyl (C=O) groups excluding carboxylic acids is 2. The number of amides is 2. The molecule has 2 aromatic rings. The van der Waals surface area contributed by atoms with Crippen molar-refractivity contribution in [2.24, 2.45) is 5.41 Å². The Kier molecular flexibility index (Phi) is 5.32. The predicted octanol–water partition coefficient (Wildman–Crippen LogP) is 3.79. The Balaban J connectivity index is 1.35. The molecule has 2 aromatic heterocycles. The molecule has 5 rings (SSSR count). The first-order valence-corrected chi connectivity index (χ1v) is 10.9. The second kappa shape index (κ2) is 7.98. The zero-order chi connectivity index (χ0) is 24.3. The smallest absolute Gasteiger partial charge is 0.403 e. The van der Waals surface area contributed by atoms with E-state index in [-0.39, 0.29) is 36.4 Å². The summed E-state index contributed by atoms with van der Waals surface area (Å²) < 4.78 is 70.5. The average Bonchev–Trinajstić information content (AvgIpc) is 3.37. The molecule has 1 N–H and O–H groups in total. The summed E-state index contributed by atoms with van der Waals surface area (Å²) in [6.45, 7) is 0.127. The molecule has 1 aliphatic heterocycles. The van der Waals surface area contributed by atoms with Crippen molar-refractivity contribution in [1.82, 2.24) is 25.4 Å². The van der Waals surface area contributed by atoms with Crippen LogP contribution in [0.15, 0.2) is 16.7 Å². The van der Waals surface area contributed by atoms with Crippen LogP contribution in [0.25, 0.3) is 11.5 Å². The van der Waals surface area contributed by atoms with Crippen LogP contribution in [0.2, 0.25) is 0 Å². The summed E-state index contributed by atoms with van der Waals surface area (Å²) in [4.78, 5) is 31.5. The van der Waals surface area contributed by atoms with E-state index in [1.165, 1.54) is 17.2 Å². The van der Waals surface area contributed by atoms with Gasteiger partial charge in [-0.1, -0.05) is 12.8 Å². The first-order chi connectivity index (χ1) is 16.1. The molecule has 13 heteroatoms. The third-order valence-electron chi connectivity index (χ3n) is 6.83. The monoisotopic (exact) mass is 485 g/mol. The summed E-state index contributed by atoms with van der Waals surface area (Å²) in [5.41, 5.74) is -1.47. The van der Waals surface area contributed by atoms with Gasteiger partial charge in [0, 0.05) is 12.2 Å². The molecule has 0 aromatic carbocycles. The third kappa shape index (κ3) is 3.70. The van der Waals surface area contributed by atoms with Crippen LogP contribution >= 0.6 is 0 Å². The number of pyridine rings is 1. The van der Waals surface area contributed by atoms with Gasteiger partial charge in [0.15, 0.2) is 0 Å². The van der Waals surface area contributed by atoms with E-state index < -0.39 is 47.8 Å². The summed E-state index contributed by atoms with van der Waals surface area (Å²) in [7, 11) is 0. The maximum absolute atomic E-state index is 13.4. The lowest BCUT2D eigenvalue weighted by Crippen LogP contribution is -2.56. The SMILES string of the molecule is O=C1c2cc(-c3nnc(C(F)F)o3)cnc2CN1[C@@H]1CCCC[C@H]1NC(=O)C1(C(F)(F)F)CC1. The highest BCUT2D eigenvalue weighted by molar-refractivity contribution is 5.99. The molecule has 182 valence electrons. The fraction of sp³-hybridized carbons (Fsp3) is 0.571. The van der Waals surface area contributed by atoms with Crippen molar-refractivity contribution in [3.63, 3.8) is 0 Å². The van der Waals surface area contributed by atoms with Crippen LogP contribution in [0.3, 0.4) is 0 Å². The molecule has 0 radical (unpaired) electrons. The summed E-state index contributed by atoms with van der Waals surface area (Å²) in [5, 5.41) is 9.40. The average molecular weight is 485 g/mol. The van der Waals surface area contributed by atoms with Gasteiger partial charge in [-0.15, -0.1) is 10.2 Å². The molecule has 34 heavy (non-hydrogen) atoms. The Bertz CT molecular complexity index is 1130. The second-order valence-electron chi connectivity index (χ2n) is 8.91. The topological polar surface area (TPSA) is 101 Å². The Hall–Kier alpha value is -3.12. The molecular weight excluding hydrogens is 465 g/mol. The molecule has 0 bridgehead atoms. The van der Waals surface area contributed by atoms with Gasteiger partial charge in [-0.05, 0) is 31.7 Å². The number of halogens is 5. The number of hydrogen-bond donors (Lipinski definition) is 1. The van der Waals surface area contributed by atoms with Crippen molar-refractivity contribution in [2.45, 2.75) is 69.8 Å². The maximum atomic E-state index is 13.4. The van der Waals surface area contributed by atoms with Gasteiger partial charge >= 0.3 is 12.6 Å². The summed E-state index contributed by atoms with van der Waals surface area (Å²) >= 11 is 0. The van der Waals surface area contributed by atoms with Crippen molar-refractivity contribution in [1.29, 1.82) is 0 Å². The number of nitrogens with one attached hydrogen (secondary N) is 1. The third-order valence-corrected chi connectivity index (χ3v) is 6.83. The van der Waals surface area contributed by atoms with Gasteiger partial charge in [-0.25, -0.2) is 0 Å². The van der Waals surface area contributed by atoms with Crippen LogP contribution in [0.1, 0.15) is 66.9 Å². The first-order valence-electron chi connectivity index (χ1n) is 10.9. The van der Waals surface area contributed by atoms with Crippen LogP contribution in [-0.4, -0.2) is 50.2 Å². The maximum Gasteiger partial charge on any atom is 0.403 e. The van der Waals surface area contributed by atoms with Crippen LogP contribution in [0, 0.1) is 5.41 Å². The van der Waals surface area contributed by atoms with E-state index >= 15 is 0 Å². The Morgan fingerprint density at radius 3 is 2.59 bits per heavy atom. The molecule has 0 saturated heterocycles. The Morgan fingerprint density at radius 1 is 1.21 bits per heavy atom. The fourth-order valence-corrected chi connectivity index (χ4v) is 4.74. The predicted molar refractivity (Wildman–Crippen MR) is 104 cm³/mol. The largest absolute Gasteiger partial charge is 0.415 e. The molecule has 8 nitrogen and oxygen atoms in total. The number of fused-ring (bicyclic) bond motifs is 1. The lowest BCUT2D eigenvalue weighted by Gasteiger charge is -2.39. The molecular formula is C21H20F5N5O3. The van der Waals surface area contributed by atoms with E-state index in [1.54, 1.807) is 0 Å². The fourth-order valence-electron chi connectivity index (χ4n) is 4.74. The lowest BCUT2D eigenvalue weighted by atomic mass is 9.88. The zero-order valence-corrected chi connectivity index (χ0v) is 17.7. The molecule has 0 unspecified atom stereocenters. The molecule has 0 spiro atoms. The molecule has 2 amide bonds. The molecule has 3 heterocycles. The molecule has 2 aliphatic carbocycles. The summed E-state index contributed by atoms with van der Waals surface area (Å²) in [6, 6.07) is 0.330. The van der Waals surface area contributed by atoms with E-state index in [1.807, 2.05) is 0 Å². The van der Waals surface area contributed by atoms with Gasteiger partial charge in [0.2, 0.25) is 11.8 Å². The van der Waals surface area contributed by atoms with Crippen molar-refractivity contribution in [3.8, 4) is 11.5 Å². The summed E-state index contributed by atoms with van der Waals surface area (Å²) in [5.74, 6) is -2.49. The molecule has 2 atom stereocenters. The number of hydrogen-bond acceptors (Lipinski definition) is 6. The van der Waals surface area contributed by atoms with Gasteiger partial charge in [0.25, 0.3) is 11.8 Å². The van der Waals surface area contributed by atoms with Crippen molar-refractivity contribution < 1.29 is 36.0 Å². The molecule has 3 aliphatic rings. The number of carbonyl (C=O) groups is 2. The van der Waals surface area contributed by atoms with Crippen molar-refractivity contribution >= 4 is 11.8 Å². The van der Waals surface area contributed by atoms with E-state index in [0.717, 1.165) is 12.8 Å².